The summed E-state index contributed by atoms with van der Waals surface area (Å²) in [5.41, 5.74) is 1.95. The Kier molecular flexibility index (Phi) is 6.71. The lowest BCUT2D eigenvalue weighted by molar-refractivity contribution is -0.121. The predicted octanol–water partition coefficient (Wildman–Crippen LogP) is 3.17. The van der Waals surface area contributed by atoms with E-state index in [4.69, 9.17) is 4.74 Å². The second-order valence-electron chi connectivity index (χ2n) is 8.47. The molecule has 8 nitrogen and oxygen atoms in total. The lowest BCUT2D eigenvalue weighted by Gasteiger charge is -2.31. The minimum atomic E-state index is -3.69. The summed E-state index contributed by atoms with van der Waals surface area (Å²) in [6.07, 6.45) is 2.23. The molecular weight excluding hydrogens is 442 g/mol. The average Bonchev–Trinajstić information content (AvgIpc) is 3.25. The van der Waals surface area contributed by atoms with Crippen LogP contribution >= 0.6 is 0 Å². The minimum Gasteiger partial charge on any atom is -0.495 e. The quantitative estimate of drug-likeness (QED) is 0.698. The third kappa shape index (κ3) is 4.74. The summed E-state index contributed by atoms with van der Waals surface area (Å²) in [5, 5.41) is 2.90. The van der Waals surface area contributed by atoms with Crippen LogP contribution in [0.25, 0.3) is 0 Å². The van der Waals surface area contributed by atoms with Crippen LogP contribution in [0.3, 0.4) is 0 Å². The number of rotatable bonds is 6. The first-order valence-corrected chi connectivity index (χ1v) is 12.6. The molecule has 33 heavy (non-hydrogen) atoms. The third-order valence-electron chi connectivity index (χ3n) is 6.35. The molecule has 0 aromatic heterocycles. The van der Waals surface area contributed by atoms with Crippen molar-refractivity contribution >= 4 is 33.2 Å². The number of carbonyl (C=O) groups excluding carboxylic acids is 2. The molecule has 2 aliphatic rings. The number of para-hydroxylation sites is 2. The van der Waals surface area contributed by atoms with Crippen LogP contribution in [0.5, 0.6) is 5.75 Å². The summed E-state index contributed by atoms with van der Waals surface area (Å²) in [4.78, 5) is 26.7. The fraction of sp³-hybridized carbons (Fsp3) is 0.417. The monoisotopic (exact) mass is 471 g/mol. The van der Waals surface area contributed by atoms with Gasteiger partial charge in [0.05, 0.1) is 17.7 Å². The average molecular weight is 472 g/mol. The van der Waals surface area contributed by atoms with E-state index in [0.29, 0.717) is 42.8 Å². The van der Waals surface area contributed by atoms with Crippen molar-refractivity contribution in [1.82, 2.24) is 4.31 Å². The molecule has 1 N–H and O–H groups in total. The largest absolute Gasteiger partial charge is 0.495 e. The summed E-state index contributed by atoms with van der Waals surface area (Å²) in [6, 6.07) is 12.3. The van der Waals surface area contributed by atoms with Crippen LogP contribution in [-0.2, 0) is 19.6 Å². The van der Waals surface area contributed by atoms with Crippen LogP contribution in [0, 0.1) is 12.8 Å². The van der Waals surface area contributed by atoms with E-state index in [0.717, 1.165) is 12.1 Å². The van der Waals surface area contributed by atoms with E-state index in [2.05, 4.69) is 5.32 Å². The highest BCUT2D eigenvalue weighted by Gasteiger charge is 2.33. The fourth-order valence-corrected chi connectivity index (χ4v) is 6.17. The van der Waals surface area contributed by atoms with E-state index in [1.807, 2.05) is 12.1 Å². The molecule has 0 aliphatic carbocycles. The maximum absolute atomic E-state index is 13.3. The van der Waals surface area contributed by atoms with E-state index in [1.165, 1.54) is 4.31 Å². The van der Waals surface area contributed by atoms with Crippen LogP contribution in [0.1, 0.15) is 31.2 Å². The van der Waals surface area contributed by atoms with E-state index in [1.54, 1.807) is 49.3 Å². The van der Waals surface area contributed by atoms with Crippen molar-refractivity contribution in [2.45, 2.75) is 37.5 Å². The second-order valence-corrected chi connectivity index (χ2v) is 10.4. The Labute approximate surface area is 194 Å². The second kappa shape index (κ2) is 9.52. The molecule has 2 aromatic rings. The number of nitrogens with zero attached hydrogens (tertiary/aromatic N) is 2. The zero-order valence-electron chi connectivity index (χ0n) is 18.9. The highest BCUT2D eigenvalue weighted by molar-refractivity contribution is 7.89. The minimum absolute atomic E-state index is 0.0680. The number of benzene rings is 2. The van der Waals surface area contributed by atoms with Crippen molar-refractivity contribution in [2.75, 3.05) is 37.0 Å². The highest BCUT2D eigenvalue weighted by Crippen LogP contribution is 2.31. The van der Waals surface area contributed by atoms with Gasteiger partial charge in [-0.1, -0.05) is 12.1 Å². The number of anilines is 2. The van der Waals surface area contributed by atoms with E-state index < -0.39 is 10.0 Å². The molecule has 2 aromatic carbocycles. The zero-order valence-corrected chi connectivity index (χ0v) is 19.7. The van der Waals surface area contributed by atoms with Crippen LogP contribution in [-0.4, -0.2) is 51.3 Å². The SMILES string of the molecule is COc1ccccc1NC(=O)C1CCN(S(=O)(=O)c2ccc(N3CCCC3=O)cc2C)CC1. The van der Waals surface area contributed by atoms with Gasteiger partial charge in [0, 0.05) is 37.7 Å². The Hall–Kier alpha value is -2.91. The lowest BCUT2D eigenvalue weighted by Crippen LogP contribution is -2.41. The molecule has 2 fully saturated rings. The molecule has 9 heteroatoms. The number of aryl methyl sites for hydroxylation is 1. The Morgan fingerprint density at radius 3 is 2.45 bits per heavy atom. The van der Waals surface area contributed by atoms with Gasteiger partial charge in [0.2, 0.25) is 21.8 Å². The summed E-state index contributed by atoms with van der Waals surface area (Å²) >= 11 is 0. The first-order valence-electron chi connectivity index (χ1n) is 11.2. The normalized spacial score (nSPS) is 17.9. The molecule has 4 rings (SSSR count). The van der Waals surface area contributed by atoms with Gasteiger partial charge in [0.25, 0.3) is 0 Å². The number of hydrogen-bond acceptors (Lipinski definition) is 5. The van der Waals surface area contributed by atoms with Gasteiger partial charge in [0.1, 0.15) is 5.75 Å². The molecule has 0 saturated carbocycles. The van der Waals surface area contributed by atoms with Crippen molar-refractivity contribution in [1.29, 1.82) is 0 Å². The maximum Gasteiger partial charge on any atom is 0.243 e. The topological polar surface area (TPSA) is 96.0 Å². The lowest BCUT2D eigenvalue weighted by atomic mass is 9.97. The summed E-state index contributed by atoms with van der Waals surface area (Å²) in [7, 11) is -2.14. The standard InChI is InChI=1S/C24H29N3O5S/c1-17-16-19(27-13-5-8-23(27)28)9-10-22(17)33(30,31)26-14-11-18(12-15-26)24(29)25-20-6-3-4-7-21(20)32-2/h3-4,6-7,9-10,16,18H,5,8,11-15H2,1-2H3,(H,25,29). The van der Waals surface area contributed by atoms with Crippen molar-refractivity contribution in [3.05, 3.63) is 48.0 Å². The van der Waals surface area contributed by atoms with Crippen LogP contribution < -0.4 is 15.0 Å². The number of methoxy groups -OCH3 is 1. The molecule has 2 aliphatic heterocycles. The molecule has 2 amide bonds. The van der Waals surface area contributed by atoms with Gasteiger partial charge in [-0.2, -0.15) is 4.31 Å². The van der Waals surface area contributed by atoms with Gasteiger partial charge < -0.3 is 15.0 Å². The van der Waals surface area contributed by atoms with Gasteiger partial charge in [-0.3, -0.25) is 9.59 Å². The molecule has 0 unspecified atom stereocenters. The predicted molar refractivity (Wildman–Crippen MR) is 126 cm³/mol. The fourth-order valence-electron chi connectivity index (χ4n) is 4.49. The molecule has 0 radical (unpaired) electrons. The molecule has 2 saturated heterocycles. The van der Waals surface area contributed by atoms with E-state index in [-0.39, 0.29) is 35.7 Å². The summed E-state index contributed by atoms with van der Waals surface area (Å²) < 4.78 is 33.3. The van der Waals surface area contributed by atoms with Crippen molar-refractivity contribution in [3.8, 4) is 5.75 Å². The van der Waals surface area contributed by atoms with E-state index in [9.17, 15) is 18.0 Å². The molecule has 176 valence electrons. The van der Waals surface area contributed by atoms with Gasteiger partial charge in [-0.25, -0.2) is 8.42 Å². The molecule has 0 atom stereocenters. The molecule has 0 bridgehead atoms. The summed E-state index contributed by atoms with van der Waals surface area (Å²) in [5.74, 6) is 0.247. The Bertz CT molecular complexity index is 1160. The zero-order chi connectivity index (χ0) is 23.6. The van der Waals surface area contributed by atoms with Gasteiger partial charge in [-0.15, -0.1) is 0 Å². The molecule has 2 heterocycles. The Balaban J connectivity index is 1.41. The Morgan fingerprint density at radius 1 is 1.09 bits per heavy atom. The van der Waals surface area contributed by atoms with Gasteiger partial charge in [-0.05, 0) is 62.1 Å². The number of piperidine rings is 1. The van der Waals surface area contributed by atoms with Crippen LogP contribution in [0.15, 0.2) is 47.4 Å². The smallest absolute Gasteiger partial charge is 0.243 e. The number of carbonyl (C=O) groups is 2. The number of hydrogen-bond donors (Lipinski definition) is 1. The van der Waals surface area contributed by atoms with Crippen molar-refractivity contribution < 1.29 is 22.7 Å². The van der Waals surface area contributed by atoms with Gasteiger partial charge in [0.15, 0.2) is 0 Å². The number of ether oxygens (including phenoxy) is 1. The first-order chi connectivity index (χ1) is 15.8. The highest BCUT2D eigenvalue weighted by atomic mass is 32.2. The third-order valence-corrected chi connectivity index (χ3v) is 8.41. The van der Waals surface area contributed by atoms with Gasteiger partial charge >= 0.3 is 0 Å². The number of amides is 2. The number of sulfonamides is 1. The Morgan fingerprint density at radius 2 is 1.82 bits per heavy atom. The van der Waals surface area contributed by atoms with Crippen molar-refractivity contribution in [2.24, 2.45) is 5.92 Å². The van der Waals surface area contributed by atoms with Crippen molar-refractivity contribution in [3.63, 3.8) is 0 Å². The van der Waals surface area contributed by atoms with Crippen LogP contribution in [0.2, 0.25) is 0 Å². The number of nitrogens with one attached hydrogen (secondary N) is 1. The van der Waals surface area contributed by atoms with Crippen LogP contribution in [0.4, 0.5) is 11.4 Å². The maximum atomic E-state index is 13.3. The first kappa shape index (κ1) is 23.3. The molecule has 0 spiro atoms. The summed E-state index contributed by atoms with van der Waals surface area (Å²) in [6.45, 7) is 2.97. The van der Waals surface area contributed by atoms with E-state index >= 15 is 0 Å². The molecular formula is C24H29N3O5S.